The van der Waals surface area contributed by atoms with Crippen molar-refractivity contribution in [1.29, 1.82) is 0 Å². The summed E-state index contributed by atoms with van der Waals surface area (Å²) < 4.78 is 16.6. The minimum atomic E-state index is -0.397. The average molecular weight is 452 g/mol. The van der Waals surface area contributed by atoms with E-state index in [-0.39, 0.29) is 0 Å². The maximum atomic E-state index is 13.0. The van der Waals surface area contributed by atoms with E-state index in [9.17, 15) is 4.79 Å². The smallest absolute Gasteiger partial charge is 0.261 e. The van der Waals surface area contributed by atoms with Crippen molar-refractivity contribution in [2.24, 2.45) is 0 Å². The van der Waals surface area contributed by atoms with Crippen LogP contribution in [0.1, 0.15) is 16.1 Å². The van der Waals surface area contributed by atoms with Gasteiger partial charge in [0.25, 0.3) is 5.91 Å². The maximum Gasteiger partial charge on any atom is 0.261 e. The number of anilines is 1. The molecule has 0 unspecified atom stereocenters. The van der Waals surface area contributed by atoms with Gasteiger partial charge < -0.3 is 19.3 Å². The maximum absolute atomic E-state index is 13.0. The van der Waals surface area contributed by atoms with Crippen LogP contribution in [0, 0.1) is 6.92 Å². The van der Waals surface area contributed by atoms with E-state index in [1.54, 1.807) is 37.3 Å². The van der Waals surface area contributed by atoms with Crippen LogP contribution in [0.5, 0.6) is 11.5 Å². The number of aromatic nitrogens is 1. The number of rotatable bonds is 5. The Hall–Kier alpha value is -2.51. The highest BCUT2D eigenvalue weighted by atomic mass is 79.9. The molecule has 0 bridgehead atoms. The van der Waals surface area contributed by atoms with Crippen molar-refractivity contribution < 1.29 is 18.8 Å². The van der Waals surface area contributed by atoms with E-state index in [1.807, 2.05) is 6.07 Å². The van der Waals surface area contributed by atoms with Crippen LogP contribution >= 0.6 is 27.5 Å². The number of amides is 1. The van der Waals surface area contributed by atoms with Crippen molar-refractivity contribution in [2.45, 2.75) is 6.92 Å². The Balaban J connectivity index is 2.02. The van der Waals surface area contributed by atoms with Crippen LogP contribution in [-0.2, 0) is 0 Å². The van der Waals surface area contributed by atoms with Crippen molar-refractivity contribution in [2.75, 3.05) is 19.5 Å². The zero-order valence-electron chi connectivity index (χ0n) is 14.8. The van der Waals surface area contributed by atoms with E-state index in [1.165, 1.54) is 14.2 Å². The Bertz CT molecular complexity index is 1000. The Morgan fingerprint density at radius 3 is 2.56 bits per heavy atom. The molecule has 0 aliphatic rings. The third-order valence-corrected chi connectivity index (χ3v) is 4.89. The SMILES string of the molecule is COc1cc(NC(=O)c2c(-c3ccccc3Cl)noc2C)c(OC)cc1Br. The number of hydrogen-bond acceptors (Lipinski definition) is 5. The van der Waals surface area contributed by atoms with Crippen molar-refractivity contribution >= 4 is 39.1 Å². The summed E-state index contributed by atoms with van der Waals surface area (Å²) in [4.78, 5) is 13.0. The van der Waals surface area contributed by atoms with Gasteiger partial charge in [0.2, 0.25) is 0 Å². The number of carbonyl (C=O) groups excluding carboxylic acids is 1. The number of aryl methyl sites for hydroxylation is 1. The lowest BCUT2D eigenvalue weighted by Crippen LogP contribution is -2.14. The zero-order chi connectivity index (χ0) is 19.6. The van der Waals surface area contributed by atoms with Gasteiger partial charge in [-0.2, -0.15) is 0 Å². The summed E-state index contributed by atoms with van der Waals surface area (Å²) in [5, 5.41) is 7.32. The standard InChI is InChI=1S/C19H16BrClN2O4/c1-10-17(18(23-27-10)11-6-4-5-7-13(11)21)19(24)22-14-9-15(25-2)12(20)8-16(14)26-3/h4-9H,1-3H3,(H,22,24). The van der Waals surface area contributed by atoms with Crippen LogP contribution in [0.15, 0.2) is 45.4 Å². The molecule has 0 saturated carbocycles. The van der Waals surface area contributed by atoms with Crippen LogP contribution in [-0.4, -0.2) is 25.3 Å². The van der Waals surface area contributed by atoms with Gasteiger partial charge in [-0.25, -0.2) is 0 Å². The zero-order valence-corrected chi connectivity index (χ0v) is 17.1. The van der Waals surface area contributed by atoms with Crippen LogP contribution < -0.4 is 14.8 Å². The Kier molecular flexibility index (Phi) is 5.72. The van der Waals surface area contributed by atoms with Gasteiger partial charge in [-0.1, -0.05) is 35.0 Å². The number of benzene rings is 2. The molecule has 140 valence electrons. The summed E-state index contributed by atoms with van der Waals surface area (Å²) >= 11 is 9.65. The van der Waals surface area contributed by atoms with E-state index in [0.717, 1.165) is 0 Å². The molecule has 3 rings (SSSR count). The Morgan fingerprint density at radius 1 is 1.19 bits per heavy atom. The largest absolute Gasteiger partial charge is 0.495 e. The molecular weight excluding hydrogens is 436 g/mol. The Labute approximate surface area is 169 Å². The predicted molar refractivity (Wildman–Crippen MR) is 107 cm³/mol. The van der Waals surface area contributed by atoms with Gasteiger partial charge in [-0.05, 0) is 28.9 Å². The van der Waals surface area contributed by atoms with Crippen LogP contribution in [0.4, 0.5) is 5.69 Å². The molecule has 0 aliphatic heterocycles. The van der Waals surface area contributed by atoms with E-state index < -0.39 is 5.91 Å². The molecule has 2 aromatic carbocycles. The van der Waals surface area contributed by atoms with E-state index in [0.29, 0.717) is 49.3 Å². The highest BCUT2D eigenvalue weighted by Gasteiger charge is 2.24. The molecule has 6 nitrogen and oxygen atoms in total. The molecule has 1 heterocycles. The summed E-state index contributed by atoms with van der Waals surface area (Å²) in [6, 6.07) is 10.5. The van der Waals surface area contributed by atoms with Gasteiger partial charge in [-0.15, -0.1) is 0 Å². The lowest BCUT2D eigenvalue weighted by molar-refractivity contribution is 0.102. The molecule has 0 aliphatic carbocycles. The van der Waals surface area contributed by atoms with Crippen LogP contribution in [0.2, 0.25) is 5.02 Å². The number of ether oxygens (including phenoxy) is 2. The van der Waals surface area contributed by atoms with Gasteiger partial charge in [-0.3, -0.25) is 4.79 Å². The third-order valence-electron chi connectivity index (χ3n) is 3.94. The van der Waals surface area contributed by atoms with E-state index in [2.05, 4.69) is 26.4 Å². The van der Waals surface area contributed by atoms with Gasteiger partial charge in [0.15, 0.2) is 0 Å². The monoisotopic (exact) mass is 450 g/mol. The fraction of sp³-hybridized carbons (Fsp3) is 0.158. The summed E-state index contributed by atoms with van der Waals surface area (Å²) in [7, 11) is 3.06. The van der Waals surface area contributed by atoms with Gasteiger partial charge in [0.05, 0.1) is 29.4 Å². The summed E-state index contributed by atoms with van der Waals surface area (Å²) in [5.74, 6) is 1.01. The van der Waals surface area contributed by atoms with Crippen molar-refractivity contribution in [1.82, 2.24) is 5.16 Å². The minimum Gasteiger partial charge on any atom is -0.495 e. The summed E-state index contributed by atoms with van der Waals surface area (Å²) in [6.07, 6.45) is 0. The molecule has 0 radical (unpaired) electrons. The number of carbonyl (C=O) groups is 1. The predicted octanol–water partition coefficient (Wildman–Crippen LogP) is 5.34. The number of nitrogens with zero attached hydrogens (tertiary/aromatic N) is 1. The first-order chi connectivity index (χ1) is 13.0. The second-order valence-corrected chi connectivity index (χ2v) is 6.84. The fourth-order valence-electron chi connectivity index (χ4n) is 2.62. The molecule has 8 heteroatoms. The summed E-state index contributed by atoms with van der Waals surface area (Å²) in [5.41, 5.74) is 1.74. The van der Waals surface area contributed by atoms with Crippen LogP contribution in [0.25, 0.3) is 11.3 Å². The van der Waals surface area contributed by atoms with Crippen LogP contribution in [0.3, 0.4) is 0 Å². The highest BCUT2D eigenvalue weighted by Crippen LogP contribution is 2.37. The number of hydrogen-bond donors (Lipinski definition) is 1. The molecule has 0 fully saturated rings. The molecular formula is C19H16BrClN2O4. The first-order valence-corrected chi connectivity index (χ1v) is 9.07. The van der Waals surface area contributed by atoms with Gasteiger partial charge in [0, 0.05) is 17.7 Å². The lowest BCUT2D eigenvalue weighted by atomic mass is 10.1. The molecule has 1 amide bonds. The fourth-order valence-corrected chi connectivity index (χ4v) is 3.33. The van der Waals surface area contributed by atoms with Crippen molar-refractivity contribution in [3.8, 4) is 22.8 Å². The molecule has 0 saturated heterocycles. The second kappa shape index (κ2) is 8.02. The summed E-state index contributed by atoms with van der Waals surface area (Å²) in [6.45, 7) is 1.67. The number of methoxy groups -OCH3 is 2. The molecule has 0 spiro atoms. The first-order valence-electron chi connectivity index (χ1n) is 7.90. The molecule has 1 aromatic heterocycles. The number of nitrogens with one attached hydrogen (secondary N) is 1. The minimum absolute atomic E-state index is 0.298. The quantitative estimate of drug-likeness (QED) is 0.567. The molecule has 1 N–H and O–H groups in total. The van der Waals surface area contributed by atoms with Gasteiger partial charge >= 0.3 is 0 Å². The topological polar surface area (TPSA) is 73.6 Å². The number of halogens is 2. The van der Waals surface area contributed by atoms with Crippen molar-refractivity contribution in [3.63, 3.8) is 0 Å². The Morgan fingerprint density at radius 2 is 1.89 bits per heavy atom. The second-order valence-electron chi connectivity index (χ2n) is 5.58. The van der Waals surface area contributed by atoms with Gasteiger partial charge in [0.1, 0.15) is 28.5 Å². The third kappa shape index (κ3) is 3.79. The van der Waals surface area contributed by atoms with Crippen molar-refractivity contribution in [3.05, 3.63) is 57.2 Å². The van der Waals surface area contributed by atoms with E-state index >= 15 is 0 Å². The molecule has 27 heavy (non-hydrogen) atoms. The van der Waals surface area contributed by atoms with E-state index in [4.69, 9.17) is 25.6 Å². The normalized spacial score (nSPS) is 10.6. The lowest BCUT2D eigenvalue weighted by Gasteiger charge is -2.13. The average Bonchev–Trinajstić information content (AvgIpc) is 3.04. The first kappa shape index (κ1) is 19.3. The highest BCUT2D eigenvalue weighted by molar-refractivity contribution is 9.10. The molecule has 3 aromatic rings. The molecule has 0 atom stereocenters.